The largest absolute Gasteiger partial charge is 0.380 e. The average Bonchev–Trinajstić information content (AvgIpc) is 2.29. The van der Waals surface area contributed by atoms with Crippen molar-refractivity contribution in [2.45, 2.75) is 25.0 Å². The van der Waals surface area contributed by atoms with E-state index in [-0.39, 0.29) is 0 Å². The molecule has 2 nitrogen and oxygen atoms in total. The van der Waals surface area contributed by atoms with E-state index in [9.17, 15) is 0 Å². The van der Waals surface area contributed by atoms with Crippen molar-refractivity contribution in [1.29, 1.82) is 0 Å². The van der Waals surface area contributed by atoms with Crippen LogP contribution in [0.15, 0.2) is 24.3 Å². The van der Waals surface area contributed by atoms with E-state index >= 15 is 0 Å². The summed E-state index contributed by atoms with van der Waals surface area (Å²) in [5.74, 6) is 0. The van der Waals surface area contributed by atoms with E-state index in [1.54, 1.807) is 7.11 Å². The van der Waals surface area contributed by atoms with Gasteiger partial charge in [-0.15, -0.1) is 0 Å². The minimum atomic E-state index is 0.362. The zero-order chi connectivity index (χ0) is 10.7. The molecular formula is C12H16ClNO. The Balaban J connectivity index is 2.01. The summed E-state index contributed by atoms with van der Waals surface area (Å²) in [4.78, 5) is 0. The summed E-state index contributed by atoms with van der Waals surface area (Å²) in [7, 11) is 1.77. The van der Waals surface area contributed by atoms with Crippen molar-refractivity contribution in [2.75, 3.05) is 13.7 Å². The second-order valence-electron chi connectivity index (χ2n) is 3.95. The first-order valence-electron chi connectivity index (χ1n) is 5.31. The van der Waals surface area contributed by atoms with Crippen LogP contribution in [0.1, 0.15) is 24.4 Å². The standard InChI is InChI=1S/C12H16ClNO/c1-15-11-5-6-12(14-8-11)9-3-2-4-10(13)7-9/h2-4,7,11-12,14H,5-6,8H2,1H3. The first-order valence-corrected chi connectivity index (χ1v) is 5.69. The maximum Gasteiger partial charge on any atom is 0.0696 e. The van der Waals surface area contributed by atoms with Gasteiger partial charge in [0.25, 0.3) is 0 Å². The Morgan fingerprint density at radius 3 is 2.87 bits per heavy atom. The van der Waals surface area contributed by atoms with Crippen LogP contribution in [0.5, 0.6) is 0 Å². The van der Waals surface area contributed by atoms with E-state index in [2.05, 4.69) is 11.4 Å². The summed E-state index contributed by atoms with van der Waals surface area (Å²) in [6, 6.07) is 8.49. The summed E-state index contributed by atoms with van der Waals surface area (Å²) >= 11 is 5.97. The van der Waals surface area contributed by atoms with Crippen LogP contribution in [0.4, 0.5) is 0 Å². The molecule has 2 atom stereocenters. The Bertz CT molecular complexity index is 321. The van der Waals surface area contributed by atoms with Gasteiger partial charge in [0.05, 0.1) is 6.10 Å². The van der Waals surface area contributed by atoms with Crippen LogP contribution >= 0.6 is 11.6 Å². The van der Waals surface area contributed by atoms with Gasteiger partial charge in [0.2, 0.25) is 0 Å². The summed E-state index contributed by atoms with van der Waals surface area (Å²) in [6.07, 6.45) is 2.58. The molecule has 2 rings (SSSR count). The fourth-order valence-corrected chi connectivity index (χ4v) is 2.24. The Kier molecular flexibility index (Phi) is 3.62. The van der Waals surface area contributed by atoms with E-state index < -0.39 is 0 Å². The number of methoxy groups -OCH3 is 1. The zero-order valence-corrected chi connectivity index (χ0v) is 9.63. The number of hydrogen-bond donors (Lipinski definition) is 1. The highest BCUT2D eigenvalue weighted by Gasteiger charge is 2.21. The highest BCUT2D eigenvalue weighted by atomic mass is 35.5. The van der Waals surface area contributed by atoms with Crippen LogP contribution in [0.25, 0.3) is 0 Å². The molecule has 1 aliphatic heterocycles. The van der Waals surface area contributed by atoms with Crippen LogP contribution < -0.4 is 5.32 Å². The second-order valence-corrected chi connectivity index (χ2v) is 4.39. The third kappa shape index (κ3) is 2.71. The molecule has 0 bridgehead atoms. The van der Waals surface area contributed by atoms with Crippen LogP contribution in [0, 0.1) is 0 Å². The molecule has 0 radical (unpaired) electrons. The van der Waals surface area contributed by atoms with Gasteiger partial charge in [-0.1, -0.05) is 23.7 Å². The molecule has 0 aliphatic carbocycles. The summed E-state index contributed by atoms with van der Waals surface area (Å²) in [6.45, 7) is 0.924. The molecule has 1 aromatic carbocycles. The van der Waals surface area contributed by atoms with Crippen molar-refractivity contribution in [3.05, 3.63) is 34.9 Å². The van der Waals surface area contributed by atoms with Gasteiger partial charge < -0.3 is 10.1 Å². The smallest absolute Gasteiger partial charge is 0.0696 e. The molecule has 0 spiro atoms. The van der Waals surface area contributed by atoms with Crippen LogP contribution in [0.3, 0.4) is 0 Å². The predicted molar refractivity (Wildman–Crippen MR) is 62.2 cm³/mol. The van der Waals surface area contributed by atoms with Crippen LogP contribution in [0.2, 0.25) is 5.02 Å². The monoisotopic (exact) mass is 225 g/mol. The van der Waals surface area contributed by atoms with Gasteiger partial charge in [-0.05, 0) is 30.5 Å². The van der Waals surface area contributed by atoms with Crippen molar-refractivity contribution < 1.29 is 4.74 Å². The molecule has 1 aliphatic rings. The number of rotatable bonds is 2. The number of benzene rings is 1. The fraction of sp³-hybridized carbons (Fsp3) is 0.500. The third-order valence-corrected chi connectivity index (χ3v) is 3.19. The number of halogens is 1. The lowest BCUT2D eigenvalue weighted by Gasteiger charge is -2.29. The van der Waals surface area contributed by atoms with Crippen molar-refractivity contribution in [1.82, 2.24) is 5.32 Å². The molecule has 0 saturated carbocycles. The maximum absolute atomic E-state index is 5.97. The molecule has 1 N–H and O–H groups in total. The van der Waals surface area contributed by atoms with Gasteiger partial charge in [0.15, 0.2) is 0 Å². The highest BCUT2D eigenvalue weighted by Crippen LogP contribution is 2.25. The molecule has 1 fully saturated rings. The SMILES string of the molecule is COC1CCC(c2cccc(Cl)c2)NC1. The van der Waals surface area contributed by atoms with Crippen LogP contribution in [-0.2, 0) is 4.74 Å². The van der Waals surface area contributed by atoms with Crippen molar-refractivity contribution in [3.8, 4) is 0 Å². The van der Waals surface area contributed by atoms with Gasteiger partial charge in [0, 0.05) is 24.7 Å². The predicted octanol–water partition coefficient (Wildman–Crippen LogP) is 2.78. The number of ether oxygens (including phenoxy) is 1. The van der Waals surface area contributed by atoms with Crippen molar-refractivity contribution >= 4 is 11.6 Å². The van der Waals surface area contributed by atoms with Crippen molar-refractivity contribution in [2.24, 2.45) is 0 Å². The molecule has 1 saturated heterocycles. The van der Waals surface area contributed by atoms with E-state index in [1.807, 2.05) is 18.2 Å². The van der Waals surface area contributed by atoms with Gasteiger partial charge in [-0.2, -0.15) is 0 Å². The highest BCUT2D eigenvalue weighted by molar-refractivity contribution is 6.30. The fourth-order valence-electron chi connectivity index (χ4n) is 2.04. The Morgan fingerprint density at radius 1 is 1.40 bits per heavy atom. The lowest BCUT2D eigenvalue weighted by atomic mass is 9.96. The number of nitrogens with one attached hydrogen (secondary N) is 1. The zero-order valence-electron chi connectivity index (χ0n) is 8.87. The normalized spacial score (nSPS) is 26.5. The summed E-state index contributed by atoms with van der Waals surface area (Å²) < 4.78 is 5.31. The average molecular weight is 226 g/mol. The molecule has 2 unspecified atom stereocenters. The molecule has 15 heavy (non-hydrogen) atoms. The first kappa shape index (κ1) is 10.9. The Hall–Kier alpha value is -0.570. The number of hydrogen-bond acceptors (Lipinski definition) is 2. The molecule has 1 heterocycles. The Morgan fingerprint density at radius 2 is 2.27 bits per heavy atom. The lowest BCUT2D eigenvalue weighted by Crippen LogP contribution is -2.37. The minimum Gasteiger partial charge on any atom is -0.380 e. The summed E-state index contributed by atoms with van der Waals surface area (Å²) in [5, 5.41) is 4.29. The molecule has 0 aromatic heterocycles. The molecule has 0 amide bonds. The van der Waals surface area contributed by atoms with Crippen LogP contribution in [-0.4, -0.2) is 19.8 Å². The molecule has 1 aromatic rings. The molecule has 3 heteroatoms. The van der Waals surface area contributed by atoms with Gasteiger partial charge in [-0.25, -0.2) is 0 Å². The summed E-state index contributed by atoms with van der Waals surface area (Å²) in [5.41, 5.74) is 1.28. The number of piperidine rings is 1. The molecular weight excluding hydrogens is 210 g/mol. The Labute approximate surface area is 95.6 Å². The van der Waals surface area contributed by atoms with Gasteiger partial charge in [-0.3, -0.25) is 0 Å². The topological polar surface area (TPSA) is 21.3 Å². The minimum absolute atomic E-state index is 0.362. The molecule has 82 valence electrons. The van der Waals surface area contributed by atoms with Crippen molar-refractivity contribution in [3.63, 3.8) is 0 Å². The van der Waals surface area contributed by atoms with E-state index in [0.29, 0.717) is 12.1 Å². The van der Waals surface area contributed by atoms with E-state index in [4.69, 9.17) is 16.3 Å². The maximum atomic E-state index is 5.97. The first-order chi connectivity index (χ1) is 7.29. The lowest BCUT2D eigenvalue weighted by molar-refractivity contribution is 0.0705. The second kappa shape index (κ2) is 4.97. The third-order valence-electron chi connectivity index (χ3n) is 2.95. The van der Waals surface area contributed by atoms with Gasteiger partial charge in [0.1, 0.15) is 0 Å². The quantitative estimate of drug-likeness (QED) is 0.836. The van der Waals surface area contributed by atoms with Gasteiger partial charge >= 0.3 is 0 Å². The van der Waals surface area contributed by atoms with E-state index in [0.717, 1.165) is 24.4 Å². The van der Waals surface area contributed by atoms with E-state index in [1.165, 1.54) is 5.56 Å².